The van der Waals surface area contributed by atoms with Gasteiger partial charge in [0, 0.05) is 16.5 Å². The van der Waals surface area contributed by atoms with Crippen LogP contribution in [0.2, 0.25) is 5.02 Å². The SMILES string of the molecule is CCOc1ccc(C[C@H]2O[C@H]3c4c(cc(C)c(Cl)c4C)OC(C)(C)[C@@H]3C[C@H]2C(=O)OC)cc1. The van der Waals surface area contributed by atoms with Gasteiger partial charge in [0.05, 0.1) is 31.8 Å². The first-order chi connectivity index (χ1) is 15.7. The summed E-state index contributed by atoms with van der Waals surface area (Å²) < 4.78 is 24.0. The molecule has 1 fully saturated rings. The van der Waals surface area contributed by atoms with Crippen molar-refractivity contribution in [3.8, 4) is 11.5 Å². The smallest absolute Gasteiger partial charge is 0.311 e. The molecule has 2 aliphatic rings. The Morgan fingerprint density at radius 3 is 2.55 bits per heavy atom. The molecular formula is C27H33ClO5. The van der Waals surface area contributed by atoms with Crippen molar-refractivity contribution in [1.82, 2.24) is 0 Å². The normalized spacial score (nSPS) is 25.4. The fourth-order valence-electron chi connectivity index (χ4n) is 5.29. The van der Waals surface area contributed by atoms with E-state index >= 15 is 0 Å². The average molecular weight is 473 g/mol. The van der Waals surface area contributed by atoms with Gasteiger partial charge in [-0.05, 0) is 82.3 Å². The van der Waals surface area contributed by atoms with E-state index in [1.54, 1.807) is 0 Å². The molecule has 0 bridgehead atoms. The first-order valence-corrected chi connectivity index (χ1v) is 12.0. The van der Waals surface area contributed by atoms with E-state index in [-0.39, 0.29) is 30.0 Å². The van der Waals surface area contributed by atoms with Crippen LogP contribution in [0.3, 0.4) is 0 Å². The summed E-state index contributed by atoms with van der Waals surface area (Å²) in [5, 5.41) is 0.734. The lowest BCUT2D eigenvalue weighted by Crippen LogP contribution is -2.53. The first kappa shape index (κ1) is 23.9. The van der Waals surface area contributed by atoms with Crippen molar-refractivity contribution in [2.45, 2.75) is 65.3 Å². The number of rotatable bonds is 5. The third-order valence-corrected chi connectivity index (χ3v) is 7.64. The number of aryl methyl sites for hydroxylation is 1. The Bertz CT molecular complexity index is 1030. The summed E-state index contributed by atoms with van der Waals surface area (Å²) in [5.41, 5.74) is 3.54. The van der Waals surface area contributed by atoms with Crippen LogP contribution in [0.25, 0.3) is 0 Å². The van der Waals surface area contributed by atoms with Crippen molar-refractivity contribution in [3.63, 3.8) is 0 Å². The average Bonchev–Trinajstić information content (AvgIpc) is 2.77. The zero-order valence-electron chi connectivity index (χ0n) is 20.2. The lowest BCUT2D eigenvalue weighted by molar-refractivity contribution is -0.189. The van der Waals surface area contributed by atoms with Gasteiger partial charge < -0.3 is 18.9 Å². The Hall–Kier alpha value is -2.24. The van der Waals surface area contributed by atoms with Gasteiger partial charge in [-0.2, -0.15) is 0 Å². The Balaban J connectivity index is 1.71. The molecule has 0 spiro atoms. The molecule has 178 valence electrons. The summed E-state index contributed by atoms with van der Waals surface area (Å²) in [6, 6.07) is 9.97. The lowest BCUT2D eigenvalue weighted by Gasteiger charge is -2.51. The molecule has 2 aliphatic heterocycles. The maximum Gasteiger partial charge on any atom is 0.311 e. The topological polar surface area (TPSA) is 54.0 Å². The number of esters is 1. The van der Waals surface area contributed by atoms with Gasteiger partial charge in [0.15, 0.2) is 0 Å². The second kappa shape index (κ2) is 9.19. The summed E-state index contributed by atoms with van der Waals surface area (Å²) in [7, 11) is 1.44. The Morgan fingerprint density at radius 2 is 1.91 bits per heavy atom. The van der Waals surface area contributed by atoms with Gasteiger partial charge in [0.2, 0.25) is 0 Å². The summed E-state index contributed by atoms with van der Waals surface area (Å²) in [5.74, 6) is 1.01. The van der Waals surface area contributed by atoms with Crippen molar-refractivity contribution in [3.05, 3.63) is 57.6 Å². The maximum absolute atomic E-state index is 12.8. The van der Waals surface area contributed by atoms with Crippen LogP contribution in [0.5, 0.6) is 11.5 Å². The Labute approximate surface area is 201 Å². The highest BCUT2D eigenvalue weighted by atomic mass is 35.5. The second-order valence-corrected chi connectivity index (χ2v) is 9.98. The first-order valence-electron chi connectivity index (χ1n) is 11.6. The van der Waals surface area contributed by atoms with Crippen LogP contribution >= 0.6 is 11.6 Å². The van der Waals surface area contributed by atoms with Gasteiger partial charge in [0.1, 0.15) is 17.1 Å². The number of fused-ring (bicyclic) bond motifs is 3. The van der Waals surface area contributed by atoms with E-state index < -0.39 is 5.60 Å². The minimum atomic E-state index is -0.499. The minimum Gasteiger partial charge on any atom is -0.494 e. The number of halogens is 1. The number of carbonyl (C=O) groups is 1. The predicted molar refractivity (Wildman–Crippen MR) is 128 cm³/mol. The highest BCUT2D eigenvalue weighted by molar-refractivity contribution is 6.32. The van der Waals surface area contributed by atoms with Crippen LogP contribution < -0.4 is 9.47 Å². The van der Waals surface area contributed by atoms with Gasteiger partial charge in [-0.25, -0.2) is 0 Å². The summed E-state index contributed by atoms with van der Waals surface area (Å²) in [4.78, 5) is 12.8. The van der Waals surface area contributed by atoms with E-state index in [0.717, 1.165) is 38.8 Å². The van der Waals surface area contributed by atoms with E-state index in [9.17, 15) is 4.79 Å². The van der Waals surface area contributed by atoms with E-state index in [1.807, 2.05) is 51.1 Å². The third kappa shape index (κ3) is 4.45. The molecule has 0 aliphatic carbocycles. The highest BCUT2D eigenvalue weighted by Crippen LogP contribution is 2.54. The molecule has 0 amide bonds. The number of hydrogen-bond acceptors (Lipinski definition) is 5. The molecule has 5 nitrogen and oxygen atoms in total. The number of ether oxygens (including phenoxy) is 4. The molecule has 2 aromatic rings. The van der Waals surface area contributed by atoms with Crippen molar-refractivity contribution in [2.75, 3.05) is 13.7 Å². The minimum absolute atomic E-state index is 0.0110. The summed E-state index contributed by atoms with van der Waals surface area (Å²) in [6.45, 7) is 10.7. The predicted octanol–water partition coefficient (Wildman–Crippen LogP) is 6.00. The van der Waals surface area contributed by atoms with Gasteiger partial charge in [-0.15, -0.1) is 0 Å². The molecule has 2 heterocycles. The van der Waals surface area contributed by atoms with Crippen molar-refractivity contribution in [2.24, 2.45) is 11.8 Å². The molecule has 2 aromatic carbocycles. The van der Waals surface area contributed by atoms with Gasteiger partial charge in [0.25, 0.3) is 0 Å². The fraction of sp³-hybridized carbons (Fsp3) is 0.519. The van der Waals surface area contributed by atoms with Crippen molar-refractivity contribution in [1.29, 1.82) is 0 Å². The number of carbonyl (C=O) groups excluding carboxylic acids is 1. The largest absolute Gasteiger partial charge is 0.494 e. The summed E-state index contributed by atoms with van der Waals surface area (Å²) in [6.07, 6.45) is 0.689. The molecule has 6 heteroatoms. The molecule has 1 saturated heterocycles. The zero-order valence-corrected chi connectivity index (χ0v) is 21.0. The van der Waals surface area contributed by atoms with Gasteiger partial charge >= 0.3 is 5.97 Å². The van der Waals surface area contributed by atoms with Crippen molar-refractivity contribution < 1.29 is 23.7 Å². The Kier molecular flexibility index (Phi) is 6.66. The van der Waals surface area contributed by atoms with Crippen LogP contribution in [0, 0.1) is 25.7 Å². The van der Waals surface area contributed by atoms with Crippen LogP contribution in [-0.2, 0) is 20.7 Å². The molecule has 0 aromatic heterocycles. The molecule has 33 heavy (non-hydrogen) atoms. The maximum atomic E-state index is 12.8. The molecule has 0 saturated carbocycles. The van der Waals surface area contributed by atoms with E-state index in [1.165, 1.54) is 7.11 Å². The molecule has 0 radical (unpaired) electrons. The Morgan fingerprint density at radius 1 is 1.21 bits per heavy atom. The van der Waals surface area contributed by atoms with E-state index in [2.05, 4.69) is 13.8 Å². The monoisotopic (exact) mass is 472 g/mol. The number of benzene rings is 2. The zero-order chi connectivity index (χ0) is 23.9. The number of hydrogen-bond donors (Lipinski definition) is 0. The molecule has 4 atom stereocenters. The van der Waals surface area contributed by atoms with Crippen LogP contribution in [0.1, 0.15) is 55.5 Å². The van der Waals surface area contributed by atoms with Crippen LogP contribution in [-0.4, -0.2) is 31.4 Å². The second-order valence-electron chi connectivity index (χ2n) is 9.60. The standard InChI is InChI=1S/C27H33ClO5/c1-7-31-18-10-8-17(9-11-18)13-21-19(26(29)30-6)14-20-25(32-21)23-16(3)24(28)15(2)12-22(23)33-27(20,4)5/h8-12,19-21,25H,7,13-14H2,1-6H3/t19-,20-,21-,25-/m1/s1. The fourth-order valence-corrected chi connectivity index (χ4v) is 5.45. The van der Waals surface area contributed by atoms with E-state index in [4.69, 9.17) is 30.5 Å². The summed E-state index contributed by atoms with van der Waals surface area (Å²) >= 11 is 6.63. The molecule has 0 N–H and O–H groups in total. The van der Waals surface area contributed by atoms with Crippen molar-refractivity contribution >= 4 is 17.6 Å². The molecule has 0 unspecified atom stereocenters. The van der Waals surface area contributed by atoms with Gasteiger partial charge in [-0.3, -0.25) is 4.79 Å². The highest BCUT2D eigenvalue weighted by Gasteiger charge is 2.53. The number of methoxy groups -OCH3 is 1. The van der Waals surface area contributed by atoms with Crippen LogP contribution in [0.4, 0.5) is 0 Å². The molecule has 4 rings (SSSR count). The van der Waals surface area contributed by atoms with E-state index in [0.29, 0.717) is 19.4 Å². The quantitative estimate of drug-likeness (QED) is 0.499. The molecular weight excluding hydrogens is 440 g/mol. The lowest BCUT2D eigenvalue weighted by atomic mass is 9.70. The van der Waals surface area contributed by atoms with Crippen LogP contribution in [0.15, 0.2) is 30.3 Å². The van der Waals surface area contributed by atoms with Gasteiger partial charge in [-0.1, -0.05) is 23.7 Å². The third-order valence-electron chi connectivity index (χ3n) is 7.06.